The van der Waals surface area contributed by atoms with Crippen molar-refractivity contribution in [3.8, 4) is 5.88 Å². The van der Waals surface area contributed by atoms with Gasteiger partial charge < -0.3 is 9.64 Å². The number of ether oxygens (including phenoxy) is 1. The predicted molar refractivity (Wildman–Crippen MR) is 77.0 cm³/mol. The summed E-state index contributed by atoms with van der Waals surface area (Å²) >= 11 is 0. The quantitative estimate of drug-likeness (QED) is 0.465. The van der Waals surface area contributed by atoms with Crippen molar-refractivity contribution >= 4 is 16.5 Å². The highest BCUT2D eigenvalue weighted by molar-refractivity contribution is 5.94. The Labute approximate surface area is 121 Å². The topological polar surface area (TPSA) is 68.5 Å². The molecular formula is C14H16FN3O3. The fourth-order valence-corrected chi connectivity index (χ4v) is 2.02. The molecule has 6 nitrogen and oxygen atoms in total. The number of non-ortho nitro benzene ring substituents is 1. The van der Waals surface area contributed by atoms with Crippen molar-refractivity contribution in [1.29, 1.82) is 0 Å². The van der Waals surface area contributed by atoms with Gasteiger partial charge in [-0.05, 0) is 32.6 Å². The van der Waals surface area contributed by atoms with Crippen LogP contribution in [0, 0.1) is 15.9 Å². The zero-order chi connectivity index (χ0) is 15.4. The highest BCUT2D eigenvalue weighted by Gasteiger charge is 2.17. The predicted octanol–water partition coefficient (Wildman–Crippen LogP) is 2.61. The number of benzene rings is 1. The maximum absolute atomic E-state index is 13.5. The largest absolute Gasteiger partial charge is 0.477 e. The average molecular weight is 293 g/mol. The molecular weight excluding hydrogens is 277 g/mol. The minimum Gasteiger partial charge on any atom is -0.477 e. The van der Waals surface area contributed by atoms with E-state index in [-0.39, 0.29) is 11.6 Å². The molecule has 112 valence electrons. The minimum absolute atomic E-state index is 0.217. The molecule has 0 aliphatic heterocycles. The van der Waals surface area contributed by atoms with Crippen LogP contribution in [0.4, 0.5) is 10.1 Å². The van der Waals surface area contributed by atoms with Gasteiger partial charge in [-0.25, -0.2) is 9.37 Å². The summed E-state index contributed by atoms with van der Waals surface area (Å²) in [5, 5.41) is 11.6. The highest BCUT2D eigenvalue weighted by Crippen LogP contribution is 2.31. The number of fused-ring (bicyclic) bond motifs is 1. The van der Waals surface area contributed by atoms with Gasteiger partial charge in [-0.15, -0.1) is 0 Å². The summed E-state index contributed by atoms with van der Waals surface area (Å²) < 4.78 is 19.1. The van der Waals surface area contributed by atoms with E-state index in [1.165, 1.54) is 18.3 Å². The summed E-state index contributed by atoms with van der Waals surface area (Å²) in [6, 6.07) is 3.59. The van der Waals surface area contributed by atoms with Crippen molar-refractivity contribution in [2.45, 2.75) is 6.42 Å². The second-order valence-corrected chi connectivity index (χ2v) is 4.90. The second kappa shape index (κ2) is 6.45. The van der Waals surface area contributed by atoms with Crippen molar-refractivity contribution in [3.05, 3.63) is 40.3 Å². The van der Waals surface area contributed by atoms with Crippen molar-refractivity contribution < 1.29 is 14.1 Å². The van der Waals surface area contributed by atoms with Gasteiger partial charge in [-0.1, -0.05) is 0 Å². The second-order valence-electron chi connectivity index (χ2n) is 4.90. The number of hydrogen-bond acceptors (Lipinski definition) is 5. The van der Waals surface area contributed by atoms with E-state index < -0.39 is 10.7 Å². The Morgan fingerprint density at radius 2 is 2.14 bits per heavy atom. The Morgan fingerprint density at radius 3 is 2.81 bits per heavy atom. The van der Waals surface area contributed by atoms with Gasteiger partial charge in [0.1, 0.15) is 5.82 Å². The first-order chi connectivity index (χ1) is 9.99. The van der Waals surface area contributed by atoms with E-state index in [2.05, 4.69) is 4.98 Å². The molecule has 1 heterocycles. The van der Waals surface area contributed by atoms with Crippen LogP contribution in [-0.2, 0) is 0 Å². The molecule has 0 saturated heterocycles. The molecule has 1 aromatic heterocycles. The van der Waals surface area contributed by atoms with Crippen LogP contribution in [0.2, 0.25) is 0 Å². The van der Waals surface area contributed by atoms with Gasteiger partial charge in [0.25, 0.3) is 5.69 Å². The van der Waals surface area contributed by atoms with Gasteiger partial charge in [0.2, 0.25) is 5.88 Å². The van der Waals surface area contributed by atoms with Gasteiger partial charge in [-0.2, -0.15) is 0 Å². The van der Waals surface area contributed by atoms with E-state index in [4.69, 9.17) is 4.74 Å². The number of nitro groups is 1. The first-order valence-electron chi connectivity index (χ1n) is 6.49. The lowest BCUT2D eigenvalue weighted by Crippen LogP contribution is -2.15. The van der Waals surface area contributed by atoms with Crippen molar-refractivity contribution in [3.63, 3.8) is 0 Å². The van der Waals surface area contributed by atoms with E-state index >= 15 is 0 Å². The Kier molecular flexibility index (Phi) is 4.64. The third-order valence-electron chi connectivity index (χ3n) is 2.97. The molecule has 0 aliphatic carbocycles. The highest BCUT2D eigenvalue weighted by atomic mass is 19.1. The van der Waals surface area contributed by atoms with Crippen LogP contribution in [0.1, 0.15) is 6.42 Å². The number of aromatic nitrogens is 1. The molecule has 0 amide bonds. The number of hydrogen-bond donors (Lipinski definition) is 0. The van der Waals surface area contributed by atoms with Crippen molar-refractivity contribution in [1.82, 2.24) is 9.88 Å². The van der Waals surface area contributed by atoms with E-state index in [0.717, 1.165) is 19.0 Å². The molecule has 2 aromatic rings. The smallest absolute Gasteiger partial charge is 0.280 e. The molecule has 0 saturated carbocycles. The summed E-state index contributed by atoms with van der Waals surface area (Å²) in [4.78, 5) is 16.4. The van der Waals surface area contributed by atoms with Gasteiger partial charge in [0.05, 0.1) is 28.4 Å². The zero-order valence-electron chi connectivity index (χ0n) is 11.9. The van der Waals surface area contributed by atoms with E-state index in [0.29, 0.717) is 17.4 Å². The molecule has 0 N–H and O–H groups in total. The average Bonchev–Trinajstić information content (AvgIpc) is 2.42. The van der Waals surface area contributed by atoms with Crippen LogP contribution in [0.25, 0.3) is 10.8 Å². The van der Waals surface area contributed by atoms with Crippen LogP contribution in [0.5, 0.6) is 5.88 Å². The summed E-state index contributed by atoms with van der Waals surface area (Å²) in [6.45, 7) is 1.26. The summed E-state index contributed by atoms with van der Waals surface area (Å²) in [5.74, 6) is -0.464. The Bertz CT molecular complexity index is 661. The third kappa shape index (κ3) is 3.63. The lowest BCUT2D eigenvalue weighted by molar-refractivity contribution is -0.383. The monoisotopic (exact) mass is 293 g/mol. The Morgan fingerprint density at radius 1 is 1.38 bits per heavy atom. The molecule has 0 radical (unpaired) electrons. The minimum atomic E-state index is -0.680. The molecule has 0 fully saturated rings. The number of nitro benzene ring substituents is 1. The third-order valence-corrected chi connectivity index (χ3v) is 2.97. The summed E-state index contributed by atoms with van der Waals surface area (Å²) in [5.41, 5.74) is -0.287. The van der Waals surface area contributed by atoms with E-state index in [9.17, 15) is 14.5 Å². The summed E-state index contributed by atoms with van der Waals surface area (Å²) in [6.07, 6.45) is 2.21. The SMILES string of the molecule is CN(C)CCCOc1nccc2c([N+](=O)[O-])cc(F)cc12. The molecule has 21 heavy (non-hydrogen) atoms. The maximum Gasteiger partial charge on any atom is 0.280 e. The fraction of sp³-hybridized carbons (Fsp3) is 0.357. The van der Waals surface area contributed by atoms with Gasteiger partial charge in [0, 0.05) is 12.7 Å². The number of nitrogens with zero attached hydrogens (tertiary/aromatic N) is 3. The lowest BCUT2D eigenvalue weighted by Gasteiger charge is -2.11. The van der Waals surface area contributed by atoms with Gasteiger partial charge in [-0.3, -0.25) is 10.1 Å². The van der Waals surface area contributed by atoms with Crippen LogP contribution in [0.3, 0.4) is 0 Å². The Hall–Kier alpha value is -2.28. The number of halogens is 1. The Balaban J connectivity index is 2.30. The molecule has 0 atom stereocenters. The first kappa shape index (κ1) is 15.1. The van der Waals surface area contributed by atoms with Gasteiger partial charge in [0.15, 0.2) is 0 Å². The molecule has 1 aromatic carbocycles. The fourth-order valence-electron chi connectivity index (χ4n) is 2.02. The molecule has 2 rings (SSSR count). The normalized spacial score (nSPS) is 11.0. The molecule has 0 spiro atoms. The van der Waals surface area contributed by atoms with E-state index in [1.54, 1.807) is 0 Å². The number of pyridine rings is 1. The number of rotatable bonds is 6. The maximum atomic E-state index is 13.5. The zero-order valence-corrected chi connectivity index (χ0v) is 11.9. The van der Waals surface area contributed by atoms with Crippen LogP contribution in [0.15, 0.2) is 24.4 Å². The standard InChI is InChI=1S/C14H16FN3O3/c1-17(2)6-3-7-21-14-12-8-10(15)9-13(18(19)20)11(12)4-5-16-14/h4-5,8-9H,3,6-7H2,1-2H3. The molecule has 7 heteroatoms. The van der Waals surface area contributed by atoms with E-state index in [1.807, 2.05) is 19.0 Å². The van der Waals surface area contributed by atoms with Crippen LogP contribution < -0.4 is 4.74 Å². The lowest BCUT2D eigenvalue weighted by atomic mass is 10.1. The van der Waals surface area contributed by atoms with Crippen molar-refractivity contribution in [2.75, 3.05) is 27.2 Å². The molecule has 0 bridgehead atoms. The van der Waals surface area contributed by atoms with Crippen LogP contribution in [-0.4, -0.2) is 42.1 Å². The van der Waals surface area contributed by atoms with Crippen LogP contribution >= 0.6 is 0 Å². The van der Waals surface area contributed by atoms with Gasteiger partial charge >= 0.3 is 0 Å². The first-order valence-corrected chi connectivity index (χ1v) is 6.49. The summed E-state index contributed by atoms with van der Waals surface area (Å²) in [7, 11) is 3.91. The molecule has 0 unspecified atom stereocenters. The van der Waals surface area contributed by atoms with Crippen molar-refractivity contribution in [2.24, 2.45) is 0 Å². The molecule has 0 aliphatic rings.